The molecular formula is C20H22FN5O4. The second kappa shape index (κ2) is 8.60. The zero-order valence-electron chi connectivity index (χ0n) is 16.3. The number of amides is 1. The van der Waals surface area contributed by atoms with Crippen LogP contribution in [0.3, 0.4) is 0 Å². The normalized spacial score (nSPS) is 21.8. The van der Waals surface area contributed by atoms with Crippen molar-refractivity contribution in [3.05, 3.63) is 30.2 Å². The van der Waals surface area contributed by atoms with E-state index in [-0.39, 0.29) is 29.3 Å². The summed E-state index contributed by atoms with van der Waals surface area (Å²) in [6.45, 7) is 0.854. The number of aromatic nitrogens is 3. The van der Waals surface area contributed by atoms with Gasteiger partial charge in [0.05, 0.1) is 24.4 Å². The fourth-order valence-electron chi connectivity index (χ4n) is 3.75. The summed E-state index contributed by atoms with van der Waals surface area (Å²) in [6.07, 6.45) is 3.81. The molecule has 0 radical (unpaired) electrons. The molecule has 0 aromatic carbocycles. The van der Waals surface area contributed by atoms with E-state index < -0.39 is 17.9 Å². The largest absolute Gasteiger partial charge is 0.481 e. The molecule has 158 valence electrons. The van der Waals surface area contributed by atoms with Crippen LogP contribution < -0.4 is 10.2 Å². The fraction of sp³-hybridized carbons (Fsp3) is 0.450. The van der Waals surface area contributed by atoms with E-state index in [0.717, 1.165) is 6.20 Å². The van der Waals surface area contributed by atoms with Gasteiger partial charge in [-0.2, -0.15) is 0 Å². The number of anilines is 2. The van der Waals surface area contributed by atoms with Gasteiger partial charge < -0.3 is 15.2 Å². The first kappa shape index (κ1) is 20.0. The van der Waals surface area contributed by atoms with Crippen molar-refractivity contribution >= 4 is 23.8 Å². The quantitative estimate of drug-likeness (QED) is 0.765. The van der Waals surface area contributed by atoms with Gasteiger partial charge in [0.15, 0.2) is 5.82 Å². The molecule has 2 aliphatic rings. The van der Waals surface area contributed by atoms with Crippen LogP contribution in [0.4, 0.5) is 21.0 Å². The Hall–Kier alpha value is -3.30. The predicted molar refractivity (Wildman–Crippen MR) is 106 cm³/mol. The average molecular weight is 415 g/mol. The first-order valence-electron chi connectivity index (χ1n) is 9.95. The van der Waals surface area contributed by atoms with Gasteiger partial charge in [-0.25, -0.2) is 24.1 Å². The minimum absolute atomic E-state index is 0.0268. The van der Waals surface area contributed by atoms with Crippen LogP contribution in [0.2, 0.25) is 0 Å². The number of aliphatic carboxylic acids is 1. The highest BCUT2D eigenvalue weighted by Gasteiger charge is 2.27. The molecular weight excluding hydrogens is 393 g/mol. The Bertz CT molecular complexity index is 949. The first-order valence-corrected chi connectivity index (χ1v) is 9.95. The Morgan fingerprint density at radius 2 is 2.03 bits per heavy atom. The number of hydrogen-bond donors (Lipinski definition) is 2. The molecule has 0 atom stereocenters. The van der Waals surface area contributed by atoms with Gasteiger partial charge in [0, 0.05) is 12.6 Å². The highest BCUT2D eigenvalue weighted by Crippen LogP contribution is 2.27. The molecule has 1 aliphatic heterocycles. The van der Waals surface area contributed by atoms with E-state index in [4.69, 9.17) is 9.84 Å². The fourth-order valence-corrected chi connectivity index (χ4v) is 3.75. The number of hydrogen-bond acceptors (Lipinski definition) is 7. The van der Waals surface area contributed by atoms with Crippen molar-refractivity contribution in [1.82, 2.24) is 15.0 Å². The van der Waals surface area contributed by atoms with Gasteiger partial charge in [-0.1, -0.05) is 6.07 Å². The SMILES string of the molecule is O=C(O)C1CCC(Nc2ncc(F)c(-c3cccc(N4CCCOC4=O)n3)n2)CC1. The molecule has 0 spiro atoms. The number of carbonyl (C=O) groups is 2. The minimum atomic E-state index is -0.766. The summed E-state index contributed by atoms with van der Waals surface area (Å²) in [5.74, 6) is -1.08. The molecule has 30 heavy (non-hydrogen) atoms. The van der Waals surface area contributed by atoms with E-state index in [0.29, 0.717) is 51.1 Å². The Morgan fingerprint density at radius 1 is 1.23 bits per heavy atom. The summed E-state index contributed by atoms with van der Waals surface area (Å²) in [6, 6.07) is 4.99. The summed E-state index contributed by atoms with van der Waals surface area (Å²) in [7, 11) is 0. The number of nitrogens with zero attached hydrogens (tertiary/aromatic N) is 4. The van der Waals surface area contributed by atoms with Crippen molar-refractivity contribution < 1.29 is 23.8 Å². The molecule has 10 heteroatoms. The third-order valence-corrected chi connectivity index (χ3v) is 5.38. The summed E-state index contributed by atoms with van der Waals surface area (Å²) in [4.78, 5) is 37.2. The van der Waals surface area contributed by atoms with Crippen molar-refractivity contribution in [2.75, 3.05) is 23.4 Å². The molecule has 4 rings (SSSR count). The standard InChI is InChI=1S/C20H22FN5O4/c21-14-11-22-19(23-13-7-5-12(6-8-13)18(27)28)25-17(14)15-3-1-4-16(24-15)26-9-2-10-30-20(26)29/h1,3-4,11-13H,2,5-10H2,(H,27,28)(H,22,23,25). The van der Waals surface area contributed by atoms with Crippen LogP contribution in [-0.4, -0.2) is 51.3 Å². The Morgan fingerprint density at radius 3 is 2.77 bits per heavy atom. The van der Waals surface area contributed by atoms with Crippen molar-refractivity contribution in [2.24, 2.45) is 5.92 Å². The number of carboxylic acids is 1. The molecule has 0 bridgehead atoms. The van der Waals surface area contributed by atoms with E-state index in [1.807, 2.05) is 0 Å². The van der Waals surface area contributed by atoms with Crippen molar-refractivity contribution in [3.8, 4) is 11.4 Å². The predicted octanol–water partition coefficient (Wildman–Crippen LogP) is 3.08. The third kappa shape index (κ3) is 4.32. The molecule has 1 amide bonds. The van der Waals surface area contributed by atoms with E-state index in [1.165, 1.54) is 4.90 Å². The Labute approximate surface area is 172 Å². The van der Waals surface area contributed by atoms with Crippen LogP contribution in [-0.2, 0) is 9.53 Å². The summed E-state index contributed by atoms with van der Waals surface area (Å²) in [5.41, 5.74) is 0.308. The number of carboxylic acid groups (broad SMARTS) is 1. The number of rotatable bonds is 5. The molecule has 1 saturated carbocycles. The minimum Gasteiger partial charge on any atom is -0.481 e. The van der Waals surface area contributed by atoms with Crippen LogP contribution in [0.5, 0.6) is 0 Å². The third-order valence-electron chi connectivity index (χ3n) is 5.38. The maximum absolute atomic E-state index is 14.5. The summed E-state index contributed by atoms with van der Waals surface area (Å²) >= 11 is 0. The number of cyclic esters (lactones) is 1. The monoisotopic (exact) mass is 415 g/mol. The maximum Gasteiger partial charge on any atom is 0.415 e. The number of ether oxygens (including phenoxy) is 1. The van der Waals surface area contributed by atoms with Gasteiger partial charge in [-0.3, -0.25) is 9.69 Å². The second-order valence-electron chi connectivity index (χ2n) is 7.42. The van der Waals surface area contributed by atoms with Crippen LogP contribution >= 0.6 is 0 Å². The van der Waals surface area contributed by atoms with Gasteiger partial charge in [0.25, 0.3) is 0 Å². The molecule has 0 unspecified atom stereocenters. The number of nitrogens with one attached hydrogen (secondary N) is 1. The molecule has 2 fully saturated rings. The van der Waals surface area contributed by atoms with Crippen molar-refractivity contribution in [3.63, 3.8) is 0 Å². The Kier molecular flexibility index (Phi) is 5.73. The number of pyridine rings is 1. The van der Waals surface area contributed by atoms with E-state index in [1.54, 1.807) is 18.2 Å². The second-order valence-corrected chi connectivity index (χ2v) is 7.42. The molecule has 2 aromatic heterocycles. The van der Waals surface area contributed by atoms with Gasteiger partial charge >= 0.3 is 12.1 Å². The zero-order valence-corrected chi connectivity index (χ0v) is 16.3. The van der Waals surface area contributed by atoms with Crippen molar-refractivity contribution in [2.45, 2.75) is 38.1 Å². The Balaban J connectivity index is 1.52. The summed E-state index contributed by atoms with van der Waals surface area (Å²) < 4.78 is 19.5. The van der Waals surface area contributed by atoms with Crippen LogP contribution in [0.15, 0.2) is 24.4 Å². The highest BCUT2D eigenvalue weighted by molar-refractivity contribution is 5.87. The zero-order chi connectivity index (χ0) is 21.1. The van der Waals surface area contributed by atoms with Crippen LogP contribution in [0, 0.1) is 11.7 Å². The van der Waals surface area contributed by atoms with E-state index in [9.17, 15) is 14.0 Å². The maximum atomic E-state index is 14.5. The number of carbonyl (C=O) groups excluding carboxylic acids is 1. The highest BCUT2D eigenvalue weighted by atomic mass is 19.1. The summed E-state index contributed by atoms with van der Waals surface area (Å²) in [5, 5.41) is 12.3. The molecule has 2 N–H and O–H groups in total. The lowest BCUT2D eigenvalue weighted by Gasteiger charge is -2.27. The van der Waals surface area contributed by atoms with Gasteiger partial charge in [0.2, 0.25) is 5.95 Å². The number of halogens is 1. The van der Waals surface area contributed by atoms with E-state index in [2.05, 4.69) is 20.3 Å². The average Bonchev–Trinajstić information content (AvgIpc) is 2.76. The van der Waals surface area contributed by atoms with E-state index >= 15 is 0 Å². The van der Waals surface area contributed by atoms with Gasteiger partial charge in [-0.05, 0) is 44.2 Å². The topological polar surface area (TPSA) is 118 Å². The smallest absolute Gasteiger partial charge is 0.415 e. The molecule has 9 nitrogen and oxygen atoms in total. The lowest BCUT2D eigenvalue weighted by molar-refractivity contribution is -0.142. The molecule has 2 aromatic rings. The first-order chi connectivity index (χ1) is 14.5. The van der Waals surface area contributed by atoms with Gasteiger partial charge in [-0.15, -0.1) is 0 Å². The van der Waals surface area contributed by atoms with Crippen LogP contribution in [0.25, 0.3) is 11.4 Å². The molecule has 3 heterocycles. The van der Waals surface area contributed by atoms with Crippen LogP contribution in [0.1, 0.15) is 32.1 Å². The molecule has 1 aliphatic carbocycles. The van der Waals surface area contributed by atoms with Gasteiger partial charge in [0.1, 0.15) is 11.5 Å². The molecule has 1 saturated heterocycles. The van der Waals surface area contributed by atoms with Crippen molar-refractivity contribution in [1.29, 1.82) is 0 Å². The lowest BCUT2D eigenvalue weighted by Crippen LogP contribution is -2.38. The lowest BCUT2D eigenvalue weighted by atomic mass is 9.86.